The van der Waals surface area contributed by atoms with E-state index in [9.17, 15) is 5.11 Å². The maximum Gasteiger partial charge on any atom is 0 e. The first-order valence-electron chi connectivity index (χ1n) is 18.1. The Kier molecular flexibility index (Phi) is 10.3. The van der Waals surface area contributed by atoms with Gasteiger partial charge in [-0.2, -0.15) is 0 Å². The van der Waals surface area contributed by atoms with E-state index in [0.29, 0.717) is 5.75 Å². The zero-order valence-corrected chi connectivity index (χ0v) is 36.6. The van der Waals surface area contributed by atoms with E-state index in [-0.39, 0.29) is 51.8 Å². The van der Waals surface area contributed by atoms with Gasteiger partial charge in [-0.25, -0.2) is 0 Å². The van der Waals surface area contributed by atoms with Gasteiger partial charge < -0.3 is 0 Å². The van der Waals surface area contributed by atoms with E-state index in [2.05, 4.69) is 148 Å². The molecule has 0 fully saturated rings. The van der Waals surface area contributed by atoms with Crippen molar-refractivity contribution in [1.82, 2.24) is 15.0 Å². The quantitative estimate of drug-likeness (QED) is 0.141. The van der Waals surface area contributed by atoms with Gasteiger partial charge >= 0.3 is 316 Å². The third-order valence-electron chi connectivity index (χ3n) is 10.1. The van der Waals surface area contributed by atoms with Crippen molar-refractivity contribution in [2.45, 2.75) is 92.4 Å². The smallest absolute Gasteiger partial charge is 0 e. The van der Waals surface area contributed by atoms with Crippen LogP contribution in [0.25, 0.3) is 64.3 Å². The van der Waals surface area contributed by atoms with Crippen LogP contribution in [0.15, 0.2) is 85.2 Å². The number of aryl methyl sites for hydroxylation is 2. The van der Waals surface area contributed by atoms with Gasteiger partial charge in [-0.3, -0.25) is 0 Å². The third kappa shape index (κ3) is 7.34. The molecule has 0 aliphatic rings. The van der Waals surface area contributed by atoms with Crippen LogP contribution in [0.4, 0.5) is 0 Å². The topological polar surface area (TPSA) is 58.9 Å². The normalized spacial score (nSPS) is 12.4. The van der Waals surface area contributed by atoms with Gasteiger partial charge in [-0.15, -0.1) is 0 Å². The zero-order valence-electron chi connectivity index (χ0n) is 32.6. The number of phenolic OH excluding ortho intramolecular Hbond substituents is 1. The van der Waals surface area contributed by atoms with Gasteiger partial charge in [0, 0.05) is 21.1 Å². The average molecular weight is 945 g/mol. The number of phenols is 1. The Bertz CT molecular complexity index is 2480. The maximum absolute atomic E-state index is 12.0. The zero-order chi connectivity index (χ0) is 37.3. The predicted molar refractivity (Wildman–Crippen MR) is 220 cm³/mol. The number of nitrogens with zero attached hydrogens (tertiary/aromatic N) is 3. The Morgan fingerprint density at radius 1 is 0.642 bits per heavy atom. The second-order valence-corrected chi connectivity index (χ2v) is 19.3. The molecule has 1 N–H and O–H groups in total. The number of benzene rings is 5. The number of rotatable bonds is 4. The third-order valence-corrected chi connectivity index (χ3v) is 12.5. The van der Waals surface area contributed by atoms with Crippen molar-refractivity contribution in [2.75, 3.05) is 0 Å². The summed E-state index contributed by atoms with van der Waals surface area (Å²) in [5.41, 5.74) is 14.4. The molecule has 4 nitrogen and oxygen atoms in total. The number of aromatic hydroxyl groups is 1. The number of hydrogen-bond acceptors (Lipinski definition) is 4. The van der Waals surface area contributed by atoms with E-state index >= 15 is 0 Å². The summed E-state index contributed by atoms with van der Waals surface area (Å²) in [6, 6.07) is 31.9. The summed E-state index contributed by atoms with van der Waals surface area (Å²) in [5.74, 6) is 0.336. The summed E-state index contributed by atoms with van der Waals surface area (Å²) in [4.78, 5) is 14.9. The van der Waals surface area contributed by atoms with E-state index in [1.165, 1.54) is 37.6 Å². The monoisotopic (exact) mass is 945 g/mol. The minimum Gasteiger partial charge on any atom is 0 e. The van der Waals surface area contributed by atoms with Crippen LogP contribution in [0.3, 0.4) is 0 Å². The fourth-order valence-corrected chi connectivity index (χ4v) is 9.44. The second-order valence-electron chi connectivity index (χ2n) is 17.2. The minimum atomic E-state index is -0.238. The van der Waals surface area contributed by atoms with E-state index in [0.717, 1.165) is 54.5 Å². The molecule has 2 aromatic heterocycles. The van der Waals surface area contributed by atoms with Gasteiger partial charge in [-0.05, 0) is 0 Å². The van der Waals surface area contributed by atoms with Crippen LogP contribution in [-0.4, -0.2) is 34.6 Å². The fourth-order valence-electron chi connectivity index (χ4n) is 7.07. The molecular weight excluding hydrogens is 897 g/mol. The standard InChI is InChI=1S/C47H48N3OSe.Pt/c1-27-15-14-16-28(2)39(27)35-20-19-33(29-21-30(23-31(22-29)45(3,4)5)40-34-17-12-13-18-38(34)48-26-49-40)41-43(35)52-44(50-41)36-24-32(46(6,7)8)25-37(42(36)51)47(9,10)11;/h12-20,22-26,51H,1-11H3;/q-1;. The molecule has 0 unspecified atom stereocenters. The molecule has 0 amide bonds. The molecule has 0 saturated carbocycles. The minimum absolute atomic E-state index is 0. The summed E-state index contributed by atoms with van der Waals surface area (Å²) in [6.07, 6.45) is 1.65. The van der Waals surface area contributed by atoms with Crippen LogP contribution in [0.1, 0.15) is 90.1 Å². The molecule has 0 atom stereocenters. The van der Waals surface area contributed by atoms with Gasteiger partial charge in [-0.1, -0.05) is 0 Å². The van der Waals surface area contributed by atoms with Crippen LogP contribution >= 0.6 is 0 Å². The van der Waals surface area contributed by atoms with Crippen molar-refractivity contribution in [2.24, 2.45) is 0 Å². The summed E-state index contributed by atoms with van der Waals surface area (Å²) in [7, 11) is 0. The maximum atomic E-state index is 12.0. The molecule has 53 heavy (non-hydrogen) atoms. The van der Waals surface area contributed by atoms with Gasteiger partial charge in [0.25, 0.3) is 0 Å². The molecule has 274 valence electrons. The van der Waals surface area contributed by atoms with Crippen LogP contribution in [0, 0.1) is 19.9 Å². The van der Waals surface area contributed by atoms with Gasteiger partial charge in [0.2, 0.25) is 0 Å². The summed E-state index contributed by atoms with van der Waals surface area (Å²) >= 11 is -0.175. The SMILES string of the molecule is Cc1cccc(C)c1-c1ccc(-c2[c-]c(-c3ncnc4ccccc34)cc(C(C)(C)C)c2)c2nc(-c3cc(C(C)(C)C)cc(C(C)(C)C)c3O)[se]c12.[Pt]. The number of aromatic nitrogens is 3. The van der Waals surface area contributed by atoms with Crippen molar-refractivity contribution >= 4 is 35.2 Å². The van der Waals surface area contributed by atoms with E-state index < -0.39 is 0 Å². The largest absolute Gasteiger partial charge is 0 e. The van der Waals surface area contributed by atoms with Gasteiger partial charge in [0.1, 0.15) is 0 Å². The summed E-state index contributed by atoms with van der Waals surface area (Å²) < 4.78 is 2.18. The first-order valence-corrected chi connectivity index (χ1v) is 19.8. The van der Waals surface area contributed by atoms with E-state index in [1.54, 1.807) is 6.33 Å². The van der Waals surface area contributed by atoms with Gasteiger partial charge in [0.15, 0.2) is 0 Å². The molecule has 0 aliphatic heterocycles. The molecule has 0 bridgehead atoms. The molecule has 0 saturated heterocycles. The number of fused-ring (bicyclic) bond motifs is 2. The first kappa shape index (κ1) is 38.8. The molecule has 7 aromatic rings. The Balaban J connectivity index is 0.00000481. The molecule has 2 heterocycles. The van der Waals surface area contributed by atoms with Crippen molar-refractivity contribution < 1.29 is 26.2 Å². The summed E-state index contributed by atoms with van der Waals surface area (Å²) in [5, 5.41) is 13.0. The first-order chi connectivity index (χ1) is 24.4. The second kappa shape index (κ2) is 14.1. The molecule has 0 spiro atoms. The molecular formula is C47H48N3OPtSe-. The van der Waals surface area contributed by atoms with Crippen LogP contribution < -0.4 is 0 Å². The van der Waals surface area contributed by atoms with Gasteiger partial charge in [0.05, 0.1) is 0 Å². The van der Waals surface area contributed by atoms with Crippen LogP contribution in [0.2, 0.25) is 0 Å². The fraction of sp³-hybridized carbons (Fsp3) is 0.298. The average Bonchev–Trinajstić information content (AvgIpc) is 3.52. The van der Waals surface area contributed by atoms with Crippen molar-refractivity contribution in [3.8, 4) is 49.4 Å². The molecule has 0 radical (unpaired) electrons. The van der Waals surface area contributed by atoms with Crippen molar-refractivity contribution in [1.29, 1.82) is 0 Å². The molecule has 7 rings (SSSR count). The Labute approximate surface area is 335 Å². The van der Waals surface area contributed by atoms with Crippen LogP contribution in [-0.2, 0) is 37.3 Å². The number of hydrogen-bond donors (Lipinski definition) is 1. The van der Waals surface area contributed by atoms with Crippen molar-refractivity contribution in [3.63, 3.8) is 0 Å². The molecule has 5 aromatic carbocycles. The Morgan fingerprint density at radius 2 is 1.26 bits per heavy atom. The predicted octanol–water partition coefficient (Wildman–Crippen LogP) is 11.9. The van der Waals surface area contributed by atoms with E-state index in [1.807, 2.05) is 18.2 Å². The van der Waals surface area contributed by atoms with Crippen LogP contribution in [0.5, 0.6) is 5.75 Å². The number of para-hydroxylation sites is 1. The van der Waals surface area contributed by atoms with Crippen molar-refractivity contribution in [3.05, 3.63) is 119 Å². The Morgan fingerprint density at radius 3 is 1.92 bits per heavy atom. The Hall–Kier alpha value is -3.88. The molecule has 6 heteroatoms. The summed E-state index contributed by atoms with van der Waals surface area (Å²) in [6.45, 7) is 24.4. The molecule has 0 aliphatic carbocycles. The van der Waals surface area contributed by atoms with E-state index in [4.69, 9.17) is 9.97 Å².